The van der Waals surface area contributed by atoms with Crippen LogP contribution < -0.4 is 10.6 Å². The fourth-order valence-electron chi connectivity index (χ4n) is 3.28. The van der Waals surface area contributed by atoms with E-state index in [1.165, 1.54) is 20.9 Å². The Labute approximate surface area is 173 Å². The molecule has 6 heteroatoms. The topological polar surface area (TPSA) is 42.9 Å². The minimum atomic E-state index is 0.688. The van der Waals surface area contributed by atoms with Crippen LogP contribution in [0, 0.1) is 6.92 Å². The van der Waals surface area contributed by atoms with Crippen molar-refractivity contribution in [3.8, 4) is 0 Å². The van der Waals surface area contributed by atoms with Crippen LogP contribution in [0.5, 0.6) is 0 Å². The van der Waals surface area contributed by atoms with Gasteiger partial charge in [-0.1, -0.05) is 24.3 Å². The Morgan fingerprint density at radius 1 is 1.00 bits per heavy atom. The second kappa shape index (κ2) is 10.6. The van der Waals surface area contributed by atoms with Gasteiger partial charge in [-0.2, -0.15) is 0 Å². The van der Waals surface area contributed by atoms with Crippen molar-refractivity contribution in [2.45, 2.75) is 33.5 Å². The minimum absolute atomic E-state index is 0.688. The summed E-state index contributed by atoms with van der Waals surface area (Å²) < 4.78 is 0. The minimum Gasteiger partial charge on any atom is -0.357 e. The highest BCUT2D eigenvalue weighted by atomic mass is 32.1. The number of hydrogen-bond acceptors (Lipinski definition) is 4. The number of nitrogens with zero attached hydrogens (tertiary/aromatic N) is 3. The molecule has 0 radical (unpaired) electrons. The fraction of sp³-hybridized carbons (Fsp3) is 0.500. The molecule has 28 heavy (non-hydrogen) atoms. The lowest BCUT2D eigenvalue weighted by atomic mass is 10.1. The summed E-state index contributed by atoms with van der Waals surface area (Å²) >= 11 is 1.83. The lowest BCUT2D eigenvalue weighted by Gasteiger charge is -2.32. The van der Waals surface area contributed by atoms with Crippen LogP contribution in [0.3, 0.4) is 0 Å². The third kappa shape index (κ3) is 6.62. The molecular formula is C22H33N5S. The molecule has 0 bridgehead atoms. The zero-order valence-electron chi connectivity index (χ0n) is 17.4. The number of thiophene rings is 1. The molecule has 0 spiro atoms. The van der Waals surface area contributed by atoms with Crippen molar-refractivity contribution in [2.75, 3.05) is 39.8 Å². The van der Waals surface area contributed by atoms with E-state index in [2.05, 4.69) is 77.7 Å². The summed E-state index contributed by atoms with van der Waals surface area (Å²) in [5.74, 6) is 0.870. The standard InChI is InChI=1S/C22H33N5S/c1-4-23-22(25-16-21-10-5-18(2)28-21)24-15-19-6-8-20(9-7-19)17-27-13-11-26(3)12-14-27/h5-10H,4,11-17H2,1-3H3,(H2,23,24,25). The predicted molar refractivity (Wildman–Crippen MR) is 120 cm³/mol. The highest BCUT2D eigenvalue weighted by molar-refractivity contribution is 7.11. The van der Waals surface area contributed by atoms with Crippen molar-refractivity contribution in [1.29, 1.82) is 0 Å². The summed E-state index contributed by atoms with van der Waals surface area (Å²) in [4.78, 5) is 12.3. The van der Waals surface area contributed by atoms with Crippen molar-refractivity contribution >= 4 is 17.3 Å². The highest BCUT2D eigenvalue weighted by Crippen LogP contribution is 2.14. The molecule has 1 saturated heterocycles. The second-order valence-electron chi connectivity index (χ2n) is 7.46. The second-order valence-corrected chi connectivity index (χ2v) is 8.83. The average molecular weight is 400 g/mol. The van der Waals surface area contributed by atoms with Gasteiger partial charge in [-0.3, -0.25) is 4.90 Å². The van der Waals surface area contributed by atoms with Crippen molar-refractivity contribution in [1.82, 2.24) is 20.4 Å². The van der Waals surface area contributed by atoms with Gasteiger partial charge in [0.1, 0.15) is 0 Å². The highest BCUT2D eigenvalue weighted by Gasteiger charge is 2.13. The summed E-state index contributed by atoms with van der Waals surface area (Å²) in [7, 11) is 2.20. The first-order valence-corrected chi connectivity index (χ1v) is 11.0. The number of hydrogen-bond donors (Lipinski definition) is 2. The van der Waals surface area contributed by atoms with Crippen LogP contribution in [0.2, 0.25) is 0 Å². The molecule has 0 atom stereocenters. The van der Waals surface area contributed by atoms with Gasteiger partial charge in [-0.05, 0) is 44.2 Å². The van der Waals surface area contributed by atoms with Gasteiger partial charge in [0.25, 0.3) is 0 Å². The number of guanidine groups is 1. The van der Waals surface area contributed by atoms with Gasteiger partial charge < -0.3 is 15.5 Å². The first kappa shape index (κ1) is 20.8. The number of aliphatic imine (C=N–C) groups is 1. The summed E-state index contributed by atoms with van der Waals surface area (Å²) in [6, 6.07) is 13.3. The van der Waals surface area contributed by atoms with E-state index in [4.69, 9.17) is 4.99 Å². The molecule has 1 fully saturated rings. The first-order chi connectivity index (χ1) is 13.6. The molecule has 2 aromatic rings. The van der Waals surface area contributed by atoms with Crippen LogP contribution in [0.1, 0.15) is 27.8 Å². The van der Waals surface area contributed by atoms with Crippen molar-refractivity contribution in [2.24, 2.45) is 4.99 Å². The van der Waals surface area contributed by atoms with E-state index in [9.17, 15) is 0 Å². The Balaban J connectivity index is 1.50. The van der Waals surface area contributed by atoms with E-state index in [-0.39, 0.29) is 0 Å². The quantitative estimate of drug-likeness (QED) is 0.555. The van der Waals surface area contributed by atoms with E-state index in [1.54, 1.807) is 0 Å². The number of aryl methyl sites for hydroxylation is 1. The monoisotopic (exact) mass is 399 g/mol. The fourth-order valence-corrected chi connectivity index (χ4v) is 4.11. The Morgan fingerprint density at radius 2 is 1.71 bits per heavy atom. The lowest BCUT2D eigenvalue weighted by molar-refractivity contribution is 0.148. The first-order valence-electron chi connectivity index (χ1n) is 10.2. The third-order valence-electron chi connectivity index (χ3n) is 5.02. The molecule has 3 rings (SSSR count). The molecule has 5 nitrogen and oxygen atoms in total. The van der Waals surface area contributed by atoms with E-state index < -0.39 is 0 Å². The smallest absolute Gasteiger partial charge is 0.191 e. The summed E-state index contributed by atoms with van der Waals surface area (Å²) in [5.41, 5.74) is 2.63. The van der Waals surface area contributed by atoms with Gasteiger partial charge in [0.15, 0.2) is 5.96 Å². The van der Waals surface area contributed by atoms with Crippen LogP contribution in [0.25, 0.3) is 0 Å². The Hall–Kier alpha value is -1.89. The van der Waals surface area contributed by atoms with Gasteiger partial charge in [-0.25, -0.2) is 4.99 Å². The molecule has 1 aliphatic heterocycles. The molecule has 152 valence electrons. The summed E-state index contributed by atoms with van der Waals surface area (Å²) in [6.45, 7) is 12.3. The Bertz CT molecular complexity index is 745. The van der Waals surface area contributed by atoms with Gasteiger partial charge >= 0.3 is 0 Å². The van der Waals surface area contributed by atoms with Crippen LogP contribution >= 0.6 is 11.3 Å². The lowest BCUT2D eigenvalue weighted by Crippen LogP contribution is -2.43. The van der Waals surface area contributed by atoms with Crippen molar-refractivity contribution in [3.05, 3.63) is 57.3 Å². The molecule has 2 N–H and O–H groups in total. The predicted octanol–water partition coefficient (Wildman–Crippen LogP) is 3.06. The molecule has 1 aromatic carbocycles. The zero-order chi connectivity index (χ0) is 19.8. The van der Waals surface area contributed by atoms with Gasteiger partial charge in [0.2, 0.25) is 0 Å². The SMILES string of the molecule is CCNC(=NCc1ccc(CN2CCN(C)CC2)cc1)NCc1ccc(C)s1. The van der Waals surface area contributed by atoms with Crippen molar-refractivity contribution < 1.29 is 0 Å². The van der Waals surface area contributed by atoms with Crippen molar-refractivity contribution in [3.63, 3.8) is 0 Å². The molecular weight excluding hydrogens is 366 g/mol. The van der Waals surface area contributed by atoms with E-state index in [1.807, 2.05) is 11.3 Å². The van der Waals surface area contributed by atoms with E-state index in [0.29, 0.717) is 6.54 Å². The van der Waals surface area contributed by atoms with Gasteiger partial charge in [0, 0.05) is 49.0 Å². The normalized spacial score (nSPS) is 16.3. The molecule has 1 aromatic heterocycles. The maximum absolute atomic E-state index is 4.74. The maximum atomic E-state index is 4.74. The van der Waals surface area contributed by atoms with E-state index >= 15 is 0 Å². The van der Waals surface area contributed by atoms with Gasteiger partial charge in [0.05, 0.1) is 13.1 Å². The summed E-state index contributed by atoms with van der Waals surface area (Å²) in [6.07, 6.45) is 0. The molecule has 1 aliphatic rings. The number of piperazine rings is 1. The molecule has 0 amide bonds. The average Bonchev–Trinajstić information content (AvgIpc) is 3.12. The third-order valence-corrected chi connectivity index (χ3v) is 6.02. The summed E-state index contributed by atoms with van der Waals surface area (Å²) in [5, 5.41) is 6.76. The Kier molecular flexibility index (Phi) is 7.89. The van der Waals surface area contributed by atoms with Crippen LogP contribution in [0.4, 0.5) is 0 Å². The number of benzene rings is 1. The Morgan fingerprint density at radius 3 is 2.36 bits per heavy atom. The molecule has 0 aliphatic carbocycles. The molecule has 0 unspecified atom stereocenters. The largest absolute Gasteiger partial charge is 0.357 e. The van der Waals surface area contributed by atoms with Crippen LogP contribution in [0.15, 0.2) is 41.4 Å². The maximum Gasteiger partial charge on any atom is 0.191 e. The number of rotatable bonds is 7. The van der Waals surface area contributed by atoms with E-state index in [0.717, 1.165) is 51.8 Å². The van der Waals surface area contributed by atoms with Gasteiger partial charge in [-0.15, -0.1) is 11.3 Å². The number of nitrogens with one attached hydrogen (secondary N) is 2. The zero-order valence-corrected chi connectivity index (χ0v) is 18.2. The van der Waals surface area contributed by atoms with Crippen LogP contribution in [-0.2, 0) is 19.6 Å². The molecule has 2 heterocycles. The molecule has 0 saturated carbocycles. The number of likely N-dealkylation sites (N-methyl/N-ethyl adjacent to an activating group) is 1. The van der Waals surface area contributed by atoms with Crippen LogP contribution in [-0.4, -0.2) is 55.5 Å².